The third-order valence-electron chi connectivity index (χ3n) is 3.86. The molecule has 146 valence electrons. The zero-order valence-electron chi connectivity index (χ0n) is 15.2. The van der Waals surface area contributed by atoms with Gasteiger partial charge in [0.15, 0.2) is 5.78 Å². The summed E-state index contributed by atoms with van der Waals surface area (Å²) in [6, 6.07) is 4.72. The first-order valence-electron chi connectivity index (χ1n) is 8.54. The molecule has 4 rings (SSSR count). The molecule has 4 nitrogen and oxygen atoms in total. The molecule has 1 aromatic carbocycles. The standard InChI is InChI=1S/C17H12BrFN3O.C5H5.Fe/c18-15-6-5-13(16(19)8-15)7-14(9-22-11-20-10-21-22)17(23)12-3-1-2-4-12;1-2-4-5-3-1;/h1-8,10-11H,9H2;1-5H;/q;;+2/b14-7+;;. The molecular weight excluding hydrogens is 477 g/mol. The van der Waals surface area contributed by atoms with Crippen LogP contribution in [0.25, 0.3) is 6.08 Å². The fourth-order valence-electron chi connectivity index (χ4n) is 2.51. The number of benzene rings is 1. The Morgan fingerprint density at radius 1 is 1.07 bits per heavy atom. The molecule has 0 unspecified atom stereocenters. The number of rotatable bonds is 5. The fourth-order valence-corrected chi connectivity index (χ4v) is 2.84. The van der Waals surface area contributed by atoms with E-state index >= 15 is 0 Å². The van der Waals surface area contributed by atoms with Gasteiger partial charge >= 0.3 is 17.1 Å². The van der Waals surface area contributed by atoms with Gasteiger partial charge in [-0.2, -0.15) is 5.10 Å². The summed E-state index contributed by atoms with van der Waals surface area (Å²) in [5, 5.41) is 4.01. The van der Waals surface area contributed by atoms with Crippen molar-refractivity contribution in [1.29, 1.82) is 0 Å². The predicted molar refractivity (Wildman–Crippen MR) is 109 cm³/mol. The average molecular weight is 494 g/mol. The van der Waals surface area contributed by atoms with Crippen LogP contribution in [-0.4, -0.2) is 20.5 Å². The first-order valence-corrected chi connectivity index (χ1v) is 9.34. The minimum Gasteiger partial charge on any atom is -0.294 e. The van der Waals surface area contributed by atoms with Crippen LogP contribution < -0.4 is 0 Å². The number of halogens is 2. The van der Waals surface area contributed by atoms with Gasteiger partial charge in [0.2, 0.25) is 0 Å². The molecular formula is C22H17BrFFeN3O+2. The van der Waals surface area contributed by atoms with E-state index in [0.717, 1.165) is 0 Å². The number of Topliss-reactive ketones (excluding diaryl/α,β-unsaturated/α-hetero) is 1. The maximum absolute atomic E-state index is 14.1. The van der Waals surface area contributed by atoms with Gasteiger partial charge in [0, 0.05) is 15.6 Å². The van der Waals surface area contributed by atoms with E-state index in [2.05, 4.69) is 26.0 Å². The molecule has 10 radical (unpaired) electrons. The van der Waals surface area contributed by atoms with Crippen molar-refractivity contribution in [3.8, 4) is 0 Å². The van der Waals surface area contributed by atoms with Crippen molar-refractivity contribution in [1.82, 2.24) is 14.8 Å². The zero-order chi connectivity index (χ0) is 19.8. The number of nitrogens with zero attached hydrogens (tertiary/aromatic N) is 3. The SMILES string of the molecule is O=C([C]1[CH][CH][CH][CH]1)/C(=C/c1ccc(Br)cc1F)Cn1cncn1.[CH]1[CH][CH][CH][CH]1.[Fe+2]. The van der Waals surface area contributed by atoms with Gasteiger partial charge in [0.1, 0.15) is 18.5 Å². The van der Waals surface area contributed by atoms with Crippen molar-refractivity contribution < 1.29 is 26.3 Å². The van der Waals surface area contributed by atoms with Crippen LogP contribution in [0.1, 0.15) is 5.56 Å². The molecule has 2 fully saturated rings. The van der Waals surface area contributed by atoms with Crippen LogP contribution >= 0.6 is 15.9 Å². The van der Waals surface area contributed by atoms with Crippen molar-refractivity contribution >= 4 is 27.8 Å². The smallest absolute Gasteiger partial charge is 0.294 e. The van der Waals surface area contributed by atoms with Crippen molar-refractivity contribution in [3.05, 3.63) is 116 Å². The maximum Gasteiger partial charge on any atom is 2.00 e. The third kappa shape index (κ3) is 7.47. The molecule has 0 bridgehead atoms. The largest absolute Gasteiger partial charge is 2.00 e. The number of carbonyl (C=O) groups is 1. The predicted octanol–water partition coefficient (Wildman–Crippen LogP) is 4.26. The van der Waals surface area contributed by atoms with Gasteiger partial charge in [-0.1, -0.05) is 22.0 Å². The third-order valence-corrected chi connectivity index (χ3v) is 4.36. The van der Waals surface area contributed by atoms with Crippen molar-refractivity contribution in [3.63, 3.8) is 0 Å². The Kier molecular flexibility index (Phi) is 10.3. The summed E-state index contributed by atoms with van der Waals surface area (Å²) in [5.41, 5.74) is 0.783. The summed E-state index contributed by atoms with van der Waals surface area (Å²) >= 11 is 3.22. The molecule has 0 amide bonds. The Bertz CT molecular complexity index is 793. The molecule has 7 heteroatoms. The van der Waals surface area contributed by atoms with E-state index in [1.807, 2.05) is 32.1 Å². The van der Waals surface area contributed by atoms with Crippen LogP contribution in [0.15, 0.2) is 40.9 Å². The zero-order valence-corrected chi connectivity index (χ0v) is 17.9. The molecule has 2 aromatic rings. The van der Waals surface area contributed by atoms with Crippen LogP contribution in [-0.2, 0) is 28.4 Å². The van der Waals surface area contributed by atoms with Gasteiger partial charge in [-0.3, -0.25) is 4.79 Å². The number of allylic oxidation sites excluding steroid dienone is 1. The molecule has 2 aliphatic carbocycles. The number of ketones is 1. The molecule has 0 aliphatic heterocycles. The summed E-state index contributed by atoms with van der Waals surface area (Å²) in [4.78, 5) is 16.5. The topological polar surface area (TPSA) is 47.8 Å². The van der Waals surface area contributed by atoms with E-state index in [9.17, 15) is 9.18 Å². The van der Waals surface area contributed by atoms with E-state index in [1.54, 1.807) is 43.9 Å². The molecule has 0 saturated heterocycles. The monoisotopic (exact) mass is 493 g/mol. The van der Waals surface area contributed by atoms with Crippen LogP contribution in [0.3, 0.4) is 0 Å². The number of hydrogen-bond acceptors (Lipinski definition) is 3. The Hall–Kier alpha value is -1.30. The van der Waals surface area contributed by atoms with E-state index in [4.69, 9.17) is 0 Å². The van der Waals surface area contributed by atoms with Crippen LogP contribution in [0.2, 0.25) is 0 Å². The molecule has 1 heterocycles. The average Bonchev–Trinajstić information content (AvgIpc) is 3.46. The second-order valence-corrected chi connectivity index (χ2v) is 6.81. The minimum atomic E-state index is -0.397. The van der Waals surface area contributed by atoms with Crippen molar-refractivity contribution in [2.75, 3.05) is 0 Å². The Morgan fingerprint density at radius 2 is 1.72 bits per heavy atom. The first-order chi connectivity index (χ1) is 13.6. The molecule has 0 spiro atoms. The summed E-state index contributed by atoms with van der Waals surface area (Å²) in [7, 11) is 0. The summed E-state index contributed by atoms with van der Waals surface area (Å²) in [6.45, 7) is 0.222. The van der Waals surface area contributed by atoms with Crippen LogP contribution in [0.5, 0.6) is 0 Å². The van der Waals surface area contributed by atoms with Gasteiger partial charge in [-0.15, -0.1) is 0 Å². The molecule has 0 atom stereocenters. The van der Waals surface area contributed by atoms with E-state index < -0.39 is 5.82 Å². The number of hydrogen-bond donors (Lipinski definition) is 0. The summed E-state index contributed by atoms with van der Waals surface area (Å²) in [6.07, 6.45) is 21.5. The quantitative estimate of drug-likeness (QED) is 0.462. The van der Waals surface area contributed by atoms with Crippen molar-refractivity contribution in [2.24, 2.45) is 0 Å². The van der Waals surface area contributed by atoms with Gasteiger partial charge < -0.3 is 0 Å². The van der Waals surface area contributed by atoms with Gasteiger partial charge in [0.05, 0.1) is 12.5 Å². The Balaban J connectivity index is 0.000000437. The van der Waals surface area contributed by atoms with Gasteiger partial charge in [0.25, 0.3) is 0 Å². The number of aromatic nitrogens is 3. The van der Waals surface area contributed by atoms with Crippen LogP contribution in [0, 0.1) is 69.5 Å². The molecule has 1 aromatic heterocycles. The van der Waals surface area contributed by atoms with E-state index in [1.165, 1.54) is 23.4 Å². The van der Waals surface area contributed by atoms with Crippen molar-refractivity contribution in [2.45, 2.75) is 6.54 Å². The van der Waals surface area contributed by atoms with Gasteiger partial charge in [-0.25, -0.2) is 14.1 Å². The normalized spacial score (nSPS) is 16.8. The summed E-state index contributed by atoms with van der Waals surface area (Å²) < 4.78 is 16.3. The maximum atomic E-state index is 14.1. The Labute approximate surface area is 191 Å². The fraction of sp³-hybridized carbons (Fsp3) is 0.0455. The van der Waals surface area contributed by atoms with E-state index in [-0.39, 0.29) is 29.4 Å². The van der Waals surface area contributed by atoms with Crippen LogP contribution in [0.4, 0.5) is 4.39 Å². The second kappa shape index (κ2) is 12.4. The number of carbonyl (C=O) groups excluding carboxylic acids is 1. The minimum absolute atomic E-state index is 0. The molecule has 2 saturated carbocycles. The Morgan fingerprint density at radius 3 is 2.28 bits per heavy atom. The second-order valence-electron chi connectivity index (χ2n) is 5.89. The van der Waals surface area contributed by atoms with E-state index in [0.29, 0.717) is 21.5 Å². The van der Waals surface area contributed by atoms with Gasteiger partial charge in [-0.05, 0) is 76.0 Å². The molecule has 29 heavy (non-hydrogen) atoms. The first kappa shape index (κ1) is 24.0. The summed E-state index contributed by atoms with van der Waals surface area (Å²) in [5.74, 6) is 0.00692. The molecule has 0 N–H and O–H groups in total. The molecule has 2 aliphatic rings.